The predicted octanol–water partition coefficient (Wildman–Crippen LogP) is 2.87. The first-order chi connectivity index (χ1) is 17.6. The van der Waals surface area contributed by atoms with E-state index >= 15 is 0 Å². The Balaban J connectivity index is 1.08. The van der Waals surface area contributed by atoms with Gasteiger partial charge in [-0.3, -0.25) is 14.7 Å². The quantitative estimate of drug-likeness (QED) is 0.539. The SMILES string of the molecule is O=C(NC1CCc2ccc(N3CC4(CCOCC4)C3)cc2CC1=O)c1n[nH]c(Cc2ccccc2)n1. The summed E-state index contributed by atoms with van der Waals surface area (Å²) in [7, 11) is 0. The minimum absolute atomic E-state index is 0.0313. The highest BCUT2D eigenvalue weighted by atomic mass is 16.5. The highest BCUT2D eigenvalue weighted by molar-refractivity contribution is 5.96. The average Bonchev–Trinajstić information content (AvgIpc) is 3.29. The van der Waals surface area contributed by atoms with E-state index in [-0.39, 0.29) is 11.6 Å². The van der Waals surface area contributed by atoms with E-state index in [9.17, 15) is 9.59 Å². The van der Waals surface area contributed by atoms with Crippen LogP contribution in [0.2, 0.25) is 0 Å². The third-order valence-electron chi connectivity index (χ3n) is 7.87. The van der Waals surface area contributed by atoms with Crippen molar-refractivity contribution in [1.29, 1.82) is 0 Å². The number of nitrogens with one attached hydrogen (secondary N) is 2. The summed E-state index contributed by atoms with van der Waals surface area (Å²) in [4.78, 5) is 32.7. The van der Waals surface area contributed by atoms with Crippen LogP contribution in [-0.4, -0.2) is 59.2 Å². The number of rotatable bonds is 5. The molecular formula is C28H31N5O3. The maximum atomic E-state index is 13.1. The standard InChI is InChI=1S/C28H31N5O3/c34-24-16-21-15-22(33-17-28(18-33)10-12-36-13-11-28)8-6-20(21)7-9-23(24)29-27(35)26-30-25(31-32-26)14-19-4-2-1-3-5-19/h1-6,8,15,23H,7,9-14,16-18H2,(H,29,35)(H,30,31,32). The van der Waals surface area contributed by atoms with E-state index in [1.165, 1.54) is 11.3 Å². The van der Waals surface area contributed by atoms with Gasteiger partial charge in [0, 0.05) is 50.2 Å². The molecule has 3 aliphatic rings. The van der Waals surface area contributed by atoms with Crippen LogP contribution in [0.3, 0.4) is 0 Å². The van der Waals surface area contributed by atoms with Gasteiger partial charge in [0.05, 0.1) is 6.04 Å². The Hall–Kier alpha value is -3.52. The van der Waals surface area contributed by atoms with Crippen LogP contribution in [0.15, 0.2) is 48.5 Å². The zero-order valence-electron chi connectivity index (χ0n) is 20.3. The van der Waals surface area contributed by atoms with Crippen molar-refractivity contribution in [2.75, 3.05) is 31.2 Å². The molecule has 0 bridgehead atoms. The highest BCUT2D eigenvalue weighted by Gasteiger charge is 2.44. The molecule has 1 spiro atoms. The summed E-state index contributed by atoms with van der Waals surface area (Å²) >= 11 is 0. The number of hydrogen-bond acceptors (Lipinski definition) is 6. The summed E-state index contributed by atoms with van der Waals surface area (Å²) in [6, 6.07) is 15.8. The van der Waals surface area contributed by atoms with Gasteiger partial charge in [0.25, 0.3) is 5.91 Å². The van der Waals surface area contributed by atoms with E-state index in [1.54, 1.807) is 0 Å². The number of aryl methyl sites for hydroxylation is 1. The molecular weight excluding hydrogens is 454 g/mol. The largest absolute Gasteiger partial charge is 0.381 e. The molecule has 2 N–H and O–H groups in total. The van der Waals surface area contributed by atoms with Gasteiger partial charge in [-0.25, -0.2) is 4.98 Å². The summed E-state index contributed by atoms with van der Waals surface area (Å²) in [5.74, 6) is 0.298. The first-order valence-electron chi connectivity index (χ1n) is 12.8. The number of amides is 1. The first kappa shape index (κ1) is 22.9. The molecule has 8 heteroatoms. The maximum Gasteiger partial charge on any atom is 0.291 e. The fraction of sp³-hybridized carbons (Fsp3) is 0.429. The number of benzene rings is 2. The molecule has 36 heavy (non-hydrogen) atoms. The van der Waals surface area contributed by atoms with E-state index in [0.29, 0.717) is 30.5 Å². The third-order valence-corrected chi connectivity index (χ3v) is 7.87. The number of aromatic amines is 1. The fourth-order valence-electron chi connectivity index (χ4n) is 5.70. The Bertz CT molecular complexity index is 1260. The molecule has 0 saturated carbocycles. The zero-order valence-corrected chi connectivity index (χ0v) is 20.3. The van der Waals surface area contributed by atoms with Crippen molar-refractivity contribution < 1.29 is 14.3 Å². The molecule has 2 saturated heterocycles. The number of aromatic nitrogens is 3. The van der Waals surface area contributed by atoms with E-state index < -0.39 is 11.9 Å². The number of fused-ring (bicyclic) bond motifs is 1. The third kappa shape index (κ3) is 4.65. The second-order valence-electron chi connectivity index (χ2n) is 10.4. The monoisotopic (exact) mass is 485 g/mol. The second-order valence-corrected chi connectivity index (χ2v) is 10.4. The van der Waals surface area contributed by atoms with Gasteiger partial charge in [0.2, 0.25) is 5.82 Å². The molecule has 1 aliphatic carbocycles. The molecule has 2 fully saturated rings. The van der Waals surface area contributed by atoms with Crippen LogP contribution in [0.5, 0.6) is 0 Å². The number of ether oxygens (including phenoxy) is 1. The molecule has 0 radical (unpaired) electrons. The van der Waals surface area contributed by atoms with Gasteiger partial charge in [-0.05, 0) is 54.5 Å². The Labute approximate surface area is 210 Å². The number of Topliss-reactive ketones (excluding diaryl/α,β-unsaturated/α-hetero) is 1. The maximum absolute atomic E-state index is 13.1. The Morgan fingerprint density at radius 2 is 1.92 bits per heavy atom. The summed E-state index contributed by atoms with van der Waals surface area (Å²) in [5, 5.41) is 9.80. The molecule has 3 aromatic rings. The molecule has 1 amide bonds. The number of H-pyrrole nitrogens is 1. The summed E-state index contributed by atoms with van der Waals surface area (Å²) in [6.07, 6.45) is 4.48. The minimum Gasteiger partial charge on any atom is -0.381 e. The van der Waals surface area contributed by atoms with E-state index in [2.05, 4.69) is 43.6 Å². The predicted molar refractivity (Wildman–Crippen MR) is 135 cm³/mol. The van der Waals surface area contributed by atoms with Gasteiger partial charge in [-0.2, -0.15) is 0 Å². The van der Waals surface area contributed by atoms with Gasteiger partial charge in [0.1, 0.15) is 5.82 Å². The fourth-order valence-corrected chi connectivity index (χ4v) is 5.70. The van der Waals surface area contributed by atoms with E-state index in [4.69, 9.17) is 4.74 Å². The van der Waals surface area contributed by atoms with Crippen LogP contribution in [-0.2, 0) is 28.8 Å². The van der Waals surface area contributed by atoms with Crippen LogP contribution in [0, 0.1) is 5.41 Å². The highest BCUT2D eigenvalue weighted by Crippen LogP contribution is 2.42. The molecule has 6 rings (SSSR count). The number of ketones is 1. The average molecular weight is 486 g/mol. The lowest BCUT2D eigenvalue weighted by atomic mass is 9.73. The summed E-state index contributed by atoms with van der Waals surface area (Å²) in [6.45, 7) is 3.85. The van der Waals surface area contributed by atoms with E-state index in [0.717, 1.165) is 56.7 Å². The van der Waals surface area contributed by atoms with Crippen molar-refractivity contribution in [3.8, 4) is 0 Å². The van der Waals surface area contributed by atoms with Crippen molar-refractivity contribution in [3.63, 3.8) is 0 Å². The number of hydrogen-bond donors (Lipinski definition) is 2. The van der Waals surface area contributed by atoms with Gasteiger partial charge in [-0.1, -0.05) is 36.4 Å². The topological polar surface area (TPSA) is 100 Å². The molecule has 1 atom stereocenters. The smallest absolute Gasteiger partial charge is 0.291 e. The molecule has 2 aliphatic heterocycles. The number of anilines is 1. The molecule has 186 valence electrons. The number of nitrogens with zero attached hydrogens (tertiary/aromatic N) is 3. The van der Waals surface area contributed by atoms with Crippen LogP contribution in [0.1, 0.15) is 52.4 Å². The molecule has 2 aromatic carbocycles. The number of carbonyl (C=O) groups excluding carboxylic acids is 2. The number of carbonyl (C=O) groups is 2. The molecule has 8 nitrogen and oxygen atoms in total. The Morgan fingerprint density at radius 1 is 1.11 bits per heavy atom. The summed E-state index contributed by atoms with van der Waals surface area (Å²) < 4.78 is 5.54. The van der Waals surface area contributed by atoms with Crippen LogP contribution in [0.25, 0.3) is 0 Å². The van der Waals surface area contributed by atoms with Crippen LogP contribution in [0.4, 0.5) is 5.69 Å². The lowest BCUT2D eigenvalue weighted by Crippen LogP contribution is -2.58. The van der Waals surface area contributed by atoms with Crippen LogP contribution >= 0.6 is 0 Å². The zero-order chi connectivity index (χ0) is 24.5. The molecule has 1 aromatic heterocycles. The van der Waals surface area contributed by atoms with Gasteiger partial charge < -0.3 is 15.0 Å². The lowest BCUT2D eigenvalue weighted by Gasteiger charge is -2.53. The lowest BCUT2D eigenvalue weighted by molar-refractivity contribution is -0.120. The Kier molecular flexibility index (Phi) is 6.05. The minimum atomic E-state index is -0.543. The summed E-state index contributed by atoms with van der Waals surface area (Å²) in [5.41, 5.74) is 4.93. The normalized spacial score (nSPS) is 20.9. The van der Waals surface area contributed by atoms with Crippen molar-refractivity contribution in [2.24, 2.45) is 5.41 Å². The van der Waals surface area contributed by atoms with Crippen molar-refractivity contribution >= 4 is 17.4 Å². The van der Waals surface area contributed by atoms with Gasteiger partial charge >= 0.3 is 0 Å². The van der Waals surface area contributed by atoms with E-state index in [1.807, 2.05) is 30.3 Å². The van der Waals surface area contributed by atoms with Crippen molar-refractivity contribution in [3.05, 3.63) is 76.9 Å². The van der Waals surface area contributed by atoms with Crippen LogP contribution < -0.4 is 10.2 Å². The van der Waals surface area contributed by atoms with Gasteiger partial charge in [0.15, 0.2) is 5.78 Å². The molecule has 3 heterocycles. The Morgan fingerprint density at radius 3 is 2.72 bits per heavy atom. The van der Waals surface area contributed by atoms with Crippen molar-refractivity contribution in [2.45, 2.75) is 44.6 Å². The first-order valence-corrected chi connectivity index (χ1v) is 12.8. The second kappa shape index (κ2) is 9.50. The van der Waals surface area contributed by atoms with Crippen molar-refractivity contribution in [1.82, 2.24) is 20.5 Å². The van der Waals surface area contributed by atoms with Gasteiger partial charge in [-0.15, -0.1) is 5.10 Å². The molecule has 1 unspecified atom stereocenters.